The Labute approximate surface area is 115 Å². The lowest BCUT2D eigenvalue weighted by molar-refractivity contribution is -0.402. The molecule has 0 spiro atoms. The van der Waals surface area contributed by atoms with Crippen LogP contribution in [0.1, 0.15) is 22.5 Å². The Morgan fingerprint density at radius 2 is 2.00 bits per heavy atom. The van der Waals surface area contributed by atoms with Crippen LogP contribution in [-0.2, 0) is 6.61 Å². The normalized spacial score (nSPS) is 10.1. The monoisotopic (exact) mass is 272 g/mol. The average molecular weight is 272 g/mol. The van der Waals surface area contributed by atoms with Crippen LogP contribution >= 0.6 is 0 Å². The number of benzene rings is 1. The summed E-state index contributed by atoms with van der Waals surface area (Å²) in [7, 11) is 0. The fourth-order valence-electron chi connectivity index (χ4n) is 1.93. The van der Waals surface area contributed by atoms with Crippen molar-refractivity contribution in [2.45, 2.75) is 20.5 Å². The van der Waals surface area contributed by atoms with E-state index < -0.39 is 4.92 Å². The minimum absolute atomic E-state index is 0.0986. The van der Waals surface area contributed by atoms with E-state index in [0.717, 1.165) is 11.1 Å². The quantitative estimate of drug-likeness (QED) is 0.629. The van der Waals surface area contributed by atoms with Gasteiger partial charge in [0.2, 0.25) is 0 Å². The lowest BCUT2D eigenvalue weighted by atomic mass is 10.1. The van der Waals surface area contributed by atoms with Crippen LogP contribution in [0.5, 0.6) is 5.75 Å². The molecule has 0 saturated carbocycles. The molecule has 102 valence electrons. The van der Waals surface area contributed by atoms with Gasteiger partial charge in [0, 0.05) is 0 Å². The molecule has 6 nitrogen and oxygen atoms in total. The van der Waals surface area contributed by atoms with E-state index in [1.54, 1.807) is 12.1 Å². The molecule has 1 aromatic carbocycles. The average Bonchev–Trinajstić information content (AvgIpc) is 2.86. The second-order valence-electron chi connectivity index (χ2n) is 4.34. The Hall–Kier alpha value is -2.81. The van der Waals surface area contributed by atoms with Crippen molar-refractivity contribution in [1.82, 2.24) is 0 Å². The van der Waals surface area contributed by atoms with Crippen molar-refractivity contribution in [2.75, 3.05) is 0 Å². The zero-order chi connectivity index (χ0) is 14.7. The van der Waals surface area contributed by atoms with E-state index in [1.165, 1.54) is 12.1 Å². The number of aryl methyl sites for hydroxylation is 2. The van der Waals surface area contributed by atoms with E-state index in [0.29, 0.717) is 17.1 Å². The maximum atomic E-state index is 10.5. The van der Waals surface area contributed by atoms with Gasteiger partial charge in [0.1, 0.15) is 23.0 Å². The van der Waals surface area contributed by atoms with Crippen LogP contribution in [0.25, 0.3) is 0 Å². The molecule has 0 saturated heterocycles. The van der Waals surface area contributed by atoms with Crippen molar-refractivity contribution >= 4 is 5.88 Å². The minimum atomic E-state index is -0.596. The molecular formula is C14H12N2O4. The molecule has 0 fully saturated rings. The Morgan fingerprint density at radius 3 is 2.50 bits per heavy atom. The van der Waals surface area contributed by atoms with Crippen molar-refractivity contribution in [2.24, 2.45) is 0 Å². The zero-order valence-electron chi connectivity index (χ0n) is 11.0. The molecule has 0 atom stereocenters. The van der Waals surface area contributed by atoms with Gasteiger partial charge >= 0.3 is 5.88 Å². The summed E-state index contributed by atoms with van der Waals surface area (Å²) in [6.07, 6.45) is 0. The first-order valence-corrected chi connectivity index (χ1v) is 5.88. The Morgan fingerprint density at radius 1 is 1.35 bits per heavy atom. The van der Waals surface area contributed by atoms with Crippen LogP contribution in [-0.4, -0.2) is 4.92 Å². The standard InChI is InChI=1S/C14H12N2O4/c1-9-5-11(7-15)6-10(2)14(9)19-8-12-3-4-13(20-12)16(17)18/h3-6H,8H2,1-2H3. The number of ether oxygens (including phenoxy) is 1. The third-order valence-corrected chi connectivity index (χ3v) is 2.78. The van der Waals surface area contributed by atoms with Crippen molar-refractivity contribution in [3.05, 3.63) is 56.8 Å². The second-order valence-corrected chi connectivity index (χ2v) is 4.34. The molecule has 20 heavy (non-hydrogen) atoms. The highest BCUT2D eigenvalue weighted by atomic mass is 16.6. The first kappa shape index (κ1) is 13.6. The van der Waals surface area contributed by atoms with Gasteiger partial charge < -0.3 is 9.15 Å². The van der Waals surface area contributed by atoms with Crippen molar-refractivity contribution in [3.63, 3.8) is 0 Å². The van der Waals surface area contributed by atoms with E-state index in [1.807, 2.05) is 13.8 Å². The van der Waals surface area contributed by atoms with E-state index >= 15 is 0 Å². The number of rotatable bonds is 4. The molecule has 0 aliphatic heterocycles. The maximum absolute atomic E-state index is 10.5. The molecule has 0 radical (unpaired) electrons. The summed E-state index contributed by atoms with van der Waals surface area (Å²) >= 11 is 0. The molecule has 0 bridgehead atoms. The fourth-order valence-corrected chi connectivity index (χ4v) is 1.93. The number of hydrogen-bond acceptors (Lipinski definition) is 5. The van der Waals surface area contributed by atoms with E-state index in [2.05, 4.69) is 6.07 Å². The predicted molar refractivity (Wildman–Crippen MR) is 70.3 cm³/mol. The third kappa shape index (κ3) is 2.78. The number of nitriles is 1. The van der Waals surface area contributed by atoms with Gasteiger partial charge in [0.25, 0.3) is 0 Å². The summed E-state index contributed by atoms with van der Waals surface area (Å²) in [5.41, 5.74) is 2.24. The van der Waals surface area contributed by atoms with Gasteiger partial charge in [-0.3, -0.25) is 10.1 Å². The second kappa shape index (κ2) is 5.45. The van der Waals surface area contributed by atoms with Gasteiger partial charge in [0.15, 0.2) is 0 Å². The SMILES string of the molecule is Cc1cc(C#N)cc(C)c1OCc1ccc([N+](=O)[O-])o1. The molecule has 0 N–H and O–H groups in total. The smallest absolute Gasteiger partial charge is 0.433 e. The van der Waals surface area contributed by atoms with Gasteiger partial charge in [0.05, 0.1) is 17.7 Å². The number of furan rings is 1. The van der Waals surface area contributed by atoms with E-state index in [9.17, 15) is 10.1 Å². The highest BCUT2D eigenvalue weighted by Crippen LogP contribution is 2.26. The molecule has 0 amide bonds. The zero-order valence-corrected chi connectivity index (χ0v) is 11.0. The number of nitrogens with zero attached hydrogens (tertiary/aromatic N) is 2. The summed E-state index contributed by atoms with van der Waals surface area (Å²) in [4.78, 5) is 9.91. The topological polar surface area (TPSA) is 89.3 Å². The molecule has 6 heteroatoms. The largest absolute Gasteiger partial charge is 0.485 e. The summed E-state index contributed by atoms with van der Waals surface area (Å²) < 4.78 is 10.6. The van der Waals surface area contributed by atoms with Gasteiger partial charge in [-0.2, -0.15) is 5.26 Å². The van der Waals surface area contributed by atoms with Crippen molar-refractivity contribution < 1.29 is 14.1 Å². The third-order valence-electron chi connectivity index (χ3n) is 2.78. The van der Waals surface area contributed by atoms with Crippen molar-refractivity contribution in [1.29, 1.82) is 5.26 Å². The van der Waals surface area contributed by atoms with Crippen molar-refractivity contribution in [3.8, 4) is 11.8 Å². The first-order chi connectivity index (χ1) is 9.51. The molecule has 0 aliphatic carbocycles. The molecule has 0 unspecified atom stereocenters. The number of nitro groups is 1. The molecule has 1 heterocycles. The molecule has 1 aromatic heterocycles. The highest BCUT2D eigenvalue weighted by molar-refractivity contribution is 5.47. The summed E-state index contributed by atoms with van der Waals surface area (Å²) in [6.45, 7) is 3.78. The van der Waals surface area contributed by atoms with Crippen LogP contribution in [0.15, 0.2) is 28.7 Å². The Bertz CT molecular complexity index is 674. The van der Waals surface area contributed by atoms with E-state index in [-0.39, 0.29) is 12.5 Å². The van der Waals surface area contributed by atoms with Crippen LogP contribution in [0.3, 0.4) is 0 Å². The van der Waals surface area contributed by atoms with Crippen LogP contribution in [0.2, 0.25) is 0 Å². The van der Waals surface area contributed by atoms with Gasteiger partial charge in [-0.25, -0.2) is 0 Å². The summed E-state index contributed by atoms with van der Waals surface area (Å²) in [6, 6.07) is 8.33. The lowest BCUT2D eigenvalue weighted by Gasteiger charge is -2.11. The summed E-state index contributed by atoms with van der Waals surface area (Å²) in [5, 5.41) is 19.4. The van der Waals surface area contributed by atoms with Crippen LogP contribution < -0.4 is 4.74 Å². The fraction of sp³-hybridized carbons (Fsp3) is 0.214. The number of hydrogen-bond donors (Lipinski definition) is 0. The Balaban J connectivity index is 2.14. The molecule has 2 rings (SSSR count). The predicted octanol–water partition coefficient (Wildman–Crippen LogP) is 3.26. The maximum Gasteiger partial charge on any atom is 0.433 e. The van der Waals surface area contributed by atoms with Gasteiger partial charge in [-0.05, 0) is 43.2 Å². The lowest BCUT2D eigenvalue weighted by Crippen LogP contribution is -1.98. The Kier molecular flexibility index (Phi) is 3.71. The molecule has 2 aromatic rings. The minimum Gasteiger partial charge on any atom is -0.485 e. The van der Waals surface area contributed by atoms with Gasteiger partial charge in [-0.15, -0.1) is 0 Å². The highest BCUT2D eigenvalue weighted by Gasteiger charge is 2.13. The molecular weight excluding hydrogens is 260 g/mol. The van der Waals surface area contributed by atoms with E-state index in [4.69, 9.17) is 14.4 Å². The first-order valence-electron chi connectivity index (χ1n) is 5.88. The molecule has 0 aliphatic rings. The van der Waals surface area contributed by atoms with Crippen LogP contribution in [0, 0.1) is 35.3 Å². The summed E-state index contributed by atoms with van der Waals surface area (Å²) in [5.74, 6) is 0.722. The van der Waals surface area contributed by atoms with Gasteiger partial charge in [-0.1, -0.05) is 0 Å². The van der Waals surface area contributed by atoms with Crippen LogP contribution in [0.4, 0.5) is 5.88 Å².